The van der Waals surface area contributed by atoms with Crippen LogP contribution in [0.2, 0.25) is 0 Å². The topological polar surface area (TPSA) is 41.6 Å². The molecule has 18 heavy (non-hydrogen) atoms. The first kappa shape index (κ1) is 15.4. The number of nitrogens with zero attached hydrogens (tertiary/aromatic N) is 1. The van der Waals surface area contributed by atoms with Gasteiger partial charge in [-0.2, -0.15) is 0 Å². The van der Waals surface area contributed by atoms with Gasteiger partial charge in [0, 0.05) is 39.2 Å². The van der Waals surface area contributed by atoms with Crippen LogP contribution in [0.3, 0.4) is 0 Å². The molecule has 0 aromatic carbocycles. The van der Waals surface area contributed by atoms with E-state index in [1.54, 1.807) is 7.11 Å². The molecule has 0 aromatic rings. The summed E-state index contributed by atoms with van der Waals surface area (Å²) in [7, 11) is 1.72. The number of hydrogen-bond acceptors (Lipinski definition) is 3. The monoisotopic (exact) mass is 256 g/mol. The van der Waals surface area contributed by atoms with Crippen molar-refractivity contribution in [2.45, 2.75) is 45.6 Å². The smallest absolute Gasteiger partial charge is 0.223 e. The predicted molar refractivity (Wildman–Crippen MR) is 73.6 cm³/mol. The minimum absolute atomic E-state index is 0.294. The van der Waals surface area contributed by atoms with Crippen molar-refractivity contribution in [2.75, 3.05) is 33.4 Å². The Morgan fingerprint density at radius 3 is 2.50 bits per heavy atom. The van der Waals surface area contributed by atoms with E-state index >= 15 is 0 Å². The summed E-state index contributed by atoms with van der Waals surface area (Å²) in [4.78, 5) is 14.0. The Balaban J connectivity index is 2.20. The maximum atomic E-state index is 12.0. The van der Waals surface area contributed by atoms with Gasteiger partial charge in [-0.25, -0.2) is 0 Å². The summed E-state index contributed by atoms with van der Waals surface area (Å²) in [6.07, 6.45) is 4.20. The molecular formula is C14H28N2O2. The van der Waals surface area contributed by atoms with Gasteiger partial charge in [-0.15, -0.1) is 0 Å². The third kappa shape index (κ3) is 5.36. The molecule has 4 nitrogen and oxygen atoms in total. The van der Waals surface area contributed by atoms with E-state index in [-0.39, 0.29) is 0 Å². The largest absolute Gasteiger partial charge is 0.383 e. The van der Waals surface area contributed by atoms with E-state index in [9.17, 15) is 4.79 Å². The van der Waals surface area contributed by atoms with Crippen LogP contribution < -0.4 is 5.32 Å². The lowest BCUT2D eigenvalue weighted by Crippen LogP contribution is -2.41. The predicted octanol–water partition coefficient (Wildman–Crippen LogP) is 1.65. The molecule has 1 amide bonds. The standard InChI is InChI=1S/C14H28N2O2/c1-12(2)13(11-18-3)15-8-7-14(17)16-9-5-4-6-10-16/h12-13,15H,4-11H2,1-3H3. The van der Waals surface area contributed by atoms with Gasteiger partial charge in [-0.3, -0.25) is 4.79 Å². The number of amides is 1. The third-order valence-corrected chi connectivity index (χ3v) is 3.61. The van der Waals surface area contributed by atoms with Crippen LogP contribution in [-0.2, 0) is 9.53 Å². The first-order chi connectivity index (χ1) is 8.65. The molecule has 1 N–H and O–H groups in total. The molecular weight excluding hydrogens is 228 g/mol. The number of piperidine rings is 1. The van der Waals surface area contributed by atoms with Crippen molar-refractivity contribution in [1.82, 2.24) is 10.2 Å². The van der Waals surface area contributed by atoms with E-state index < -0.39 is 0 Å². The average molecular weight is 256 g/mol. The van der Waals surface area contributed by atoms with Crippen LogP contribution in [0, 0.1) is 5.92 Å². The van der Waals surface area contributed by atoms with Gasteiger partial charge in [-0.05, 0) is 25.2 Å². The van der Waals surface area contributed by atoms with Gasteiger partial charge in [0.1, 0.15) is 0 Å². The second-order valence-corrected chi connectivity index (χ2v) is 5.45. The van der Waals surface area contributed by atoms with Crippen molar-refractivity contribution in [2.24, 2.45) is 5.92 Å². The normalized spacial score (nSPS) is 18.1. The highest BCUT2D eigenvalue weighted by atomic mass is 16.5. The SMILES string of the molecule is COCC(NCCC(=O)N1CCCCC1)C(C)C. The number of ether oxygens (including phenoxy) is 1. The van der Waals surface area contributed by atoms with Gasteiger partial charge in [0.2, 0.25) is 5.91 Å². The third-order valence-electron chi connectivity index (χ3n) is 3.61. The summed E-state index contributed by atoms with van der Waals surface area (Å²) in [6, 6.07) is 0.337. The van der Waals surface area contributed by atoms with E-state index in [1.165, 1.54) is 6.42 Å². The zero-order valence-electron chi connectivity index (χ0n) is 12.1. The molecule has 0 radical (unpaired) electrons. The Kier molecular flexibility index (Phi) is 7.28. The molecule has 106 valence electrons. The Bertz CT molecular complexity index is 238. The molecule has 0 aliphatic carbocycles. The van der Waals surface area contributed by atoms with Crippen molar-refractivity contribution in [3.8, 4) is 0 Å². The quantitative estimate of drug-likeness (QED) is 0.753. The molecule has 1 rings (SSSR count). The number of methoxy groups -OCH3 is 1. The number of rotatable bonds is 7. The zero-order valence-corrected chi connectivity index (χ0v) is 12.1. The van der Waals surface area contributed by atoms with Crippen LogP contribution in [0.25, 0.3) is 0 Å². The molecule has 1 atom stereocenters. The van der Waals surface area contributed by atoms with Crippen molar-refractivity contribution in [3.63, 3.8) is 0 Å². The first-order valence-corrected chi connectivity index (χ1v) is 7.15. The van der Waals surface area contributed by atoms with Crippen LogP contribution in [0.4, 0.5) is 0 Å². The molecule has 0 saturated carbocycles. The van der Waals surface area contributed by atoms with E-state index in [4.69, 9.17) is 4.74 Å². The molecule has 1 unspecified atom stereocenters. The highest BCUT2D eigenvalue weighted by Crippen LogP contribution is 2.09. The Labute approximate surface area is 111 Å². The Morgan fingerprint density at radius 1 is 1.28 bits per heavy atom. The lowest BCUT2D eigenvalue weighted by Gasteiger charge is -2.27. The molecule has 1 aliphatic rings. The van der Waals surface area contributed by atoms with Gasteiger partial charge in [-0.1, -0.05) is 13.8 Å². The van der Waals surface area contributed by atoms with Crippen molar-refractivity contribution in [1.29, 1.82) is 0 Å². The highest BCUT2D eigenvalue weighted by molar-refractivity contribution is 5.76. The van der Waals surface area contributed by atoms with Gasteiger partial charge in [0.05, 0.1) is 6.61 Å². The van der Waals surface area contributed by atoms with Crippen LogP contribution in [0.15, 0.2) is 0 Å². The number of hydrogen-bond donors (Lipinski definition) is 1. The van der Waals surface area contributed by atoms with E-state index in [1.807, 2.05) is 4.90 Å². The van der Waals surface area contributed by atoms with Crippen LogP contribution in [0.1, 0.15) is 39.5 Å². The van der Waals surface area contributed by atoms with E-state index in [2.05, 4.69) is 19.2 Å². The van der Waals surface area contributed by atoms with Gasteiger partial charge < -0.3 is 15.0 Å². The molecule has 0 aromatic heterocycles. The lowest BCUT2D eigenvalue weighted by atomic mass is 10.1. The summed E-state index contributed by atoms with van der Waals surface area (Å²) < 4.78 is 5.18. The van der Waals surface area contributed by atoms with E-state index in [0.29, 0.717) is 30.9 Å². The van der Waals surface area contributed by atoms with Crippen molar-refractivity contribution in [3.05, 3.63) is 0 Å². The molecule has 1 fully saturated rings. The molecule has 1 heterocycles. The van der Waals surface area contributed by atoms with Gasteiger partial charge in [0.25, 0.3) is 0 Å². The second kappa shape index (κ2) is 8.48. The summed E-state index contributed by atoms with van der Waals surface area (Å²) in [5, 5.41) is 3.42. The van der Waals surface area contributed by atoms with Crippen molar-refractivity contribution < 1.29 is 9.53 Å². The van der Waals surface area contributed by atoms with Crippen LogP contribution in [0.5, 0.6) is 0 Å². The summed E-state index contributed by atoms with van der Waals surface area (Å²) >= 11 is 0. The number of likely N-dealkylation sites (tertiary alicyclic amines) is 1. The highest BCUT2D eigenvalue weighted by Gasteiger charge is 2.17. The van der Waals surface area contributed by atoms with Crippen LogP contribution >= 0.6 is 0 Å². The second-order valence-electron chi connectivity index (χ2n) is 5.45. The minimum Gasteiger partial charge on any atom is -0.383 e. The maximum absolute atomic E-state index is 12.0. The molecule has 1 aliphatic heterocycles. The maximum Gasteiger partial charge on any atom is 0.223 e. The summed E-state index contributed by atoms with van der Waals surface area (Å²) in [6.45, 7) is 7.69. The fraction of sp³-hybridized carbons (Fsp3) is 0.929. The fourth-order valence-electron chi connectivity index (χ4n) is 2.33. The average Bonchev–Trinajstić information content (AvgIpc) is 2.38. The number of carbonyl (C=O) groups excluding carboxylic acids is 1. The van der Waals surface area contributed by atoms with Crippen LogP contribution in [-0.4, -0.2) is 50.2 Å². The van der Waals surface area contributed by atoms with E-state index in [0.717, 1.165) is 32.5 Å². The Hall–Kier alpha value is -0.610. The number of nitrogens with one attached hydrogen (secondary N) is 1. The summed E-state index contributed by atoms with van der Waals surface area (Å²) in [5.41, 5.74) is 0. The molecule has 0 bridgehead atoms. The van der Waals surface area contributed by atoms with Gasteiger partial charge in [0.15, 0.2) is 0 Å². The first-order valence-electron chi connectivity index (χ1n) is 7.15. The van der Waals surface area contributed by atoms with Crippen molar-refractivity contribution >= 4 is 5.91 Å². The fourth-order valence-corrected chi connectivity index (χ4v) is 2.33. The van der Waals surface area contributed by atoms with Gasteiger partial charge >= 0.3 is 0 Å². The molecule has 0 spiro atoms. The molecule has 1 saturated heterocycles. The molecule has 4 heteroatoms. The number of carbonyl (C=O) groups is 1. The lowest BCUT2D eigenvalue weighted by molar-refractivity contribution is -0.132. The summed E-state index contributed by atoms with van der Waals surface area (Å²) in [5.74, 6) is 0.817. The minimum atomic E-state index is 0.294. The Morgan fingerprint density at radius 2 is 1.94 bits per heavy atom. The zero-order chi connectivity index (χ0) is 13.4.